The van der Waals surface area contributed by atoms with E-state index in [9.17, 15) is 4.79 Å². The van der Waals surface area contributed by atoms with Crippen molar-refractivity contribution in [1.29, 1.82) is 0 Å². The number of hydrogen-bond donors (Lipinski definition) is 1. The SMILES string of the molecule is CC[C@@H](C)C(=O)Nc1nc(-c2ccc(Cl)cc2)c(C)s1. The van der Waals surface area contributed by atoms with Crippen LogP contribution in [0.1, 0.15) is 25.1 Å². The van der Waals surface area contributed by atoms with Gasteiger partial charge in [-0.05, 0) is 25.5 Å². The lowest BCUT2D eigenvalue weighted by molar-refractivity contribution is -0.119. The molecular weight excluding hydrogens is 292 g/mol. The van der Waals surface area contributed by atoms with Crippen molar-refractivity contribution in [2.45, 2.75) is 27.2 Å². The highest BCUT2D eigenvalue weighted by atomic mass is 35.5. The Morgan fingerprint density at radius 2 is 2.05 bits per heavy atom. The van der Waals surface area contributed by atoms with E-state index in [1.165, 1.54) is 11.3 Å². The van der Waals surface area contributed by atoms with Gasteiger partial charge < -0.3 is 5.32 Å². The van der Waals surface area contributed by atoms with Crippen LogP contribution in [-0.4, -0.2) is 10.9 Å². The van der Waals surface area contributed by atoms with Crippen molar-refractivity contribution in [2.75, 3.05) is 5.32 Å². The number of carbonyl (C=O) groups excluding carboxylic acids is 1. The zero-order chi connectivity index (χ0) is 14.7. The van der Waals surface area contributed by atoms with Crippen LogP contribution >= 0.6 is 22.9 Å². The number of halogens is 1. The van der Waals surface area contributed by atoms with Crippen LogP contribution in [0.15, 0.2) is 24.3 Å². The summed E-state index contributed by atoms with van der Waals surface area (Å²) in [5.41, 5.74) is 1.90. The molecule has 2 rings (SSSR count). The number of benzene rings is 1. The molecule has 0 bridgehead atoms. The first-order chi connectivity index (χ1) is 9.51. The number of rotatable bonds is 4. The van der Waals surface area contributed by atoms with Gasteiger partial charge in [0.15, 0.2) is 5.13 Å². The van der Waals surface area contributed by atoms with E-state index in [1.807, 2.05) is 45.0 Å². The molecule has 1 aromatic carbocycles. The molecule has 0 spiro atoms. The van der Waals surface area contributed by atoms with E-state index in [-0.39, 0.29) is 11.8 Å². The van der Waals surface area contributed by atoms with Crippen LogP contribution in [0, 0.1) is 12.8 Å². The summed E-state index contributed by atoms with van der Waals surface area (Å²) in [6.07, 6.45) is 0.820. The van der Waals surface area contributed by atoms with Crippen molar-refractivity contribution in [3.05, 3.63) is 34.2 Å². The highest BCUT2D eigenvalue weighted by Crippen LogP contribution is 2.31. The zero-order valence-corrected chi connectivity index (χ0v) is 13.3. The average Bonchev–Trinajstić information content (AvgIpc) is 2.79. The van der Waals surface area contributed by atoms with Gasteiger partial charge in [-0.3, -0.25) is 4.79 Å². The van der Waals surface area contributed by atoms with Crippen molar-refractivity contribution in [2.24, 2.45) is 5.92 Å². The molecule has 0 unspecified atom stereocenters. The molecule has 0 saturated carbocycles. The first kappa shape index (κ1) is 15.0. The van der Waals surface area contributed by atoms with Gasteiger partial charge >= 0.3 is 0 Å². The molecule has 1 heterocycles. The maximum absolute atomic E-state index is 11.9. The van der Waals surface area contributed by atoms with Gasteiger partial charge in [0.1, 0.15) is 0 Å². The number of aryl methyl sites for hydroxylation is 1. The van der Waals surface area contributed by atoms with Gasteiger partial charge in [0, 0.05) is 21.4 Å². The fourth-order valence-electron chi connectivity index (χ4n) is 1.74. The Kier molecular flexibility index (Phi) is 4.78. The van der Waals surface area contributed by atoms with Crippen LogP contribution in [0.4, 0.5) is 5.13 Å². The van der Waals surface area contributed by atoms with Gasteiger partial charge in [0.25, 0.3) is 0 Å². The summed E-state index contributed by atoms with van der Waals surface area (Å²) in [5, 5.41) is 4.23. The number of anilines is 1. The Balaban J connectivity index is 2.21. The Morgan fingerprint density at radius 1 is 1.40 bits per heavy atom. The van der Waals surface area contributed by atoms with Crippen LogP contribution in [0.25, 0.3) is 11.3 Å². The summed E-state index contributed by atoms with van der Waals surface area (Å²) < 4.78 is 0. The Bertz CT molecular complexity index is 607. The minimum absolute atomic E-state index is 0.00168. The van der Waals surface area contributed by atoms with E-state index in [4.69, 9.17) is 11.6 Å². The summed E-state index contributed by atoms with van der Waals surface area (Å²) >= 11 is 7.38. The van der Waals surface area contributed by atoms with E-state index in [0.29, 0.717) is 10.2 Å². The second-order valence-electron chi connectivity index (χ2n) is 4.73. The van der Waals surface area contributed by atoms with Crippen molar-refractivity contribution in [1.82, 2.24) is 4.98 Å². The van der Waals surface area contributed by atoms with E-state index in [0.717, 1.165) is 22.6 Å². The Labute approximate surface area is 128 Å². The molecule has 2 aromatic rings. The lowest BCUT2D eigenvalue weighted by Gasteiger charge is -2.06. The van der Waals surface area contributed by atoms with Gasteiger partial charge in [-0.2, -0.15) is 0 Å². The number of nitrogens with zero attached hydrogens (tertiary/aromatic N) is 1. The van der Waals surface area contributed by atoms with E-state index >= 15 is 0 Å². The monoisotopic (exact) mass is 308 g/mol. The van der Waals surface area contributed by atoms with Gasteiger partial charge in [0.2, 0.25) is 5.91 Å². The van der Waals surface area contributed by atoms with E-state index in [1.54, 1.807) is 0 Å². The molecule has 0 aliphatic carbocycles. The smallest absolute Gasteiger partial charge is 0.228 e. The van der Waals surface area contributed by atoms with Crippen LogP contribution in [0.2, 0.25) is 5.02 Å². The lowest BCUT2D eigenvalue weighted by Crippen LogP contribution is -2.19. The molecule has 1 atom stereocenters. The summed E-state index contributed by atoms with van der Waals surface area (Å²) in [6, 6.07) is 7.55. The van der Waals surface area contributed by atoms with Crippen LogP contribution in [-0.2, 0) is 4.79 Å². The van der Waals surface area contributed by atoms with E-state index in [2.05, 4.69) is 10.3 Å². The predicted octanol–water partition coefficient (Wildman–Crippen LogP) is 4.76. The van der Waals surface area contributed by atoms with Gasteiger partial charge in [-0.1, -0.05) is 37.6 Å². The predicted molar refractivity (Wildman–Crippen MR) is 85.4 cm³/mol. The third-order valence-corrected chi connectivity index (χ3v) is 4.34. The first-order valence-corrected chi connectivity index (χ1v) is 7.75. The minimum Gasteiger partial charge on any atom is -0.302 e. The molecule has 5 heteroatoms. The fourth-order valence-corrected chi connectivity index (χ4v) is 2.70. The van der Waals surface area contributed by atoms with E-state index < -0.39 is 0 Å². The number of carbonyl (C=O) groups is 1. The van der Waals surface area contributed by atoms with Crippen molar-refractivity contribution in [3.8, 4) is 11.3 Å². The maximum Gasteiger partial charge on any atom is 0.228 e. The van der Waals surface area contributed by atoms with Crippen molar-refractivity contribution in [3.63, 3.8) is 0 Å². The summed E-state index contributed by atoms with van der Waals surface area (Å²) in [6.45, 7) is 5.91. The lowest BCUT2D eigenvalue weighted by atomic mass is 10.1. The molecule has 20 heavy (non-hydrogen) atoms. The molecule has 1 aromatic heterocycles. The van der Waals surface area contributed by atoms with Crippen LogP contribution < -0.4 is 5.32 Å². The van der Waals surface area contributed by atoms with Crippen molar-refractivity contribution < 1.29 is 4.79 Å². The zero-order valence-electron chi connectivity index (χ0n) is 11.7. The third kappa shape index (κ3) is 3.38. The maximum atomic E-state index is 11.9. The van der Waals surface area contributed by atoms with Crippen LogP contribution in [0.3, 0.4) is 0 Å². The third-order valence-electron chi connectivity index (χ3n) is 3.20. The Morgan fingerprint density at radius 3 is 2.65 bits per heavy atom. The second-order valence-corrected chi connectivity index (χ2v) is 6.37. The second kappa shape index (κ2) is 6.37. The quantitative estimate of drug-likeness (QED) is 0.885. The first-order valence-electron chi connectivity index (χ1n) is 6.55. The largest absolute Gasteiger partial charge is 0.302 e. The average molecular weight is 309 g/mol. The van der Waals surface area contributed by atoms with Gasteiger partial charge in [-0.25, -0.2) is 4.98 Å². The fraction of sp³-hybridized carbons (Fsp3) is 0.333. The molecule has 0 aliphatic heterocycles. The number of hydrogen-bond acceptors (Lipinski definition) is 3. The highest BCUT2D eigenvalue weighted by Gasteiger charge is 2.15. The molecule has 0 fully saturated rings. The normalized spacial score (nSPS) is 12.2. The van der Waals surface area contributed by atoms with Gasteiger partial charge in [0.05, 0.1) is 5.69 Å². The molecule has 0 radical (unpaired) electrons. The standard InChI is InChI=1S/C15H17ClN2OS/c1-4-9(2)14(19)18-15-17-13(10(3)20-15)11-5-7-12(16)8-6-11/h5-9H,4H2,1-3H3,(H,17,18,19)/t9-/m1/s1. The number of thiazole rings is 1. The highest BCUT2D eigenvalue weighted by molar-refractivity contribution is 7.16. The minimum atomic E-state index is -0.00168. The molecule has 3 nitrogen and oxygen atoms in total. The van der Waals surface area contributed by atoms with Crippen LogP contribution in [0.5, 0.6) is 0 Å². The number of aromatic nitrogens is 1. The number of amides is 1. The molecule has 0 saturated heterocycles. The number of nitrogens with one attached hydrogen (secondary N) is 1. The topological polar surface area (TPSA) is 42.0 Å². The molecule has 1 amide bonds. The molecular formula is C15H17ClN2OS. The summed E-state index contributed by atoms with van der Waals surface area (Å²) in [7, 11) is 0. The van der Waals surface area contributed by atoms with Gasteiger partial charge in [-0.15, -0.1) is 11.3 Å². The summed E-state index contributed by atoms with van der Waals surface area (Å²) in [4.78, 5) is 17.5. The molecule has 106 valence electrons. The Hall–Kier alpha value is -1.39. The molecule has 1 N–H and O–H groups in total. The van der Waals surface area contributed by atoms with Crippen molar-refractivity contribution >= 4 is 34.0 Å². The molecule has 0 aliphatic rings. The summed E-state index contributed by atoms with van der Waals surface area (Å²) in [5.74, 6) is 0.0158.